The molecule has 0 saturated carbocycles. The molecule has 0 bridgehead atoms. The van der Waals surface area contributed by atoms with Gasteiger partial charge in [0.15, 0.2) is 11.6 Å². The SMILES string of the molecule is CCCCCCCCc1ccc(-c2ncc(OCCC(F)C(C)CCC)cn2)cc1. The zero-order valence-electron chi connectivity index (χ0n) is 19.1. The van der Waals surface area contributed by atoms with Crippen LogP contribution < -0.4 is 4.74 Å². The molecular formula is C26H39FN2O. The van der Waals surface area contributed by atoms with E-state index in [0.29, 0.717) is 24.6 Å². The Hall–Kier alpha value is -1.97. The van der Waals surface area contributed by atoms with Gasteiger partial charge in [-0.05, 0) is 30.7 Å². The third kappa shape index (κ3) is 8.81. The second kappa shape index (κ2) is 14.1. The molecule has 2 rings (SSSR count). The van der Waals surface area contributed by atoms with Crippen LogP contribution in [-0.4, -0.2) is 22.7 Å². The van der Waals surface area contributed by atoms with Crippen LogP contribution in [0.15, 0.2) is 36.7 Å². The summed E-state index contributed by atoms with van der Waals surface area (Å²) in [5.74, 6) is 1.36. The Morgan fingerprint density at radius 1 is 0.867 bits per heavy atom. The summed E-state index contributed by atoms with van der Waals surface area (Å²) in [6, 6.07) is 8.53. The standard InChI is InChI=1S/C26H39FN2O/c1-4-6-7-8-9-10-12-22-13-15-23(16-14-22)26-28-19-24(20-29-26)30-18-17-25(27)21(3)11-5-2/h13-16,19-21,25H,4-12,17-18H2,1-3H3. The van der Waals surface area contributed by atoms with Crippen LogP contribution >= 0.6 is 0 Å². The predicted molar refractivity (Wildman–Crippen MR) is 124 cm³/mol. The Kier molecular flexibility index (Phi) is 11.4. The van der Waals surface area contributed by atoms with Crippen LogP contribution in [0, 0.1) is 5.92 Å². The first-order valence-electron chi connectivity index (χ1n) is 11.8. The van der Waals surface area contributed by atoms with Crippen molar-refractivity contribution >= 4 is 0 Å². The number of nitrogens with zero attached hydrogens (tertiary/aromatic N) is 2. The molecule has 3 nitrogen and oxygen atoms in total. The van der Waals surface area contributed by atoms with E-state index in [1.807, 2.05) is 6.92 Å². The second-order valence-corrected chi connectivity index (χ2v) is 8.38. The lowest BCUT2D eigenvalue weighted by molar-refractivity contribution is 0.178. The highest BCUT2D eigenvalue weighted by Crippen LogP contribution is 2.20. The number of hydrogen-bond donors (Lipinski definition) is 0. The van der Waals surface area contributed by atoms with Gasteiger partial charge in [-0.2, -0.15) is 0 Å². The quantitative estimate of drug-likeness (QED) is 0.282. The molecule has 0 amide bonds. The molecule has 0 saturated heterocycles. The zero-order chi connectivity index (χ0) is 21.6. The van der Waals surface area contributed by atoms with E-state index >= 15 is 0 Å². The molecule has 1 aromatic carbocycles. The number of hydrogen-bond acceptors (Lipinski definition) is 3. The van der Waals surface area contributed by atoms with Crippen LogP contribution in [0.4, 0.5) is 4.39 Å². The smallest absolute Gasteiger partial charge is 0.159 e. The van der Waals surface area contributed by atoms with Crippen molar-refractivity contribution in [2.24, 2.45) is 5.92 Å². The van der Waals surface area contributed by atoms with Crippen molar-refractivity contribution in [1.29, 1.82) is 0 Å². The molecule has 2 atom stereocenters. The summed E-state index contributed by atoms with van der Waals surface area (Å²) in [4.78, 5) is 8.83. The van der Waals surface area contributed by atoms with E-state index in [9.17, 15) is 4.39 Å². The molecule has 166 valence electrons. The third-order valence-corrected chi connectivity index (χ3v) is 5.68. The van der Waals surface area contributed by atoms with Crippen molar-refractivity contribution in [1.82, 2.24) is 9.97 Å². The van der Waals surface area contributed by atoms with Gasteiger partial charge in [0, 0.05) is 12.0 Å². The summed E-state index contributed by atoms with van der Waals surface area (Å²) in [6.07, 6.45) is 13.9. The summed E-state index contributed by atoms with van der Waals surface area (Å²) >= 11 is 0. The van der Waals surface area contributed by atoms with Crippen LogP contribution in [0.1, 0.15) is 84.1 Å². The van der Waals surface area contributed by atoms with Gasteiger partial charge in [-0.3, -0.25) is 0 Å². The van der Waals surface area contributed by atoms with Crippen LogP contribution in [0.5, 0.6) is 5.75 Å². The Morgan fingerprint density at radius 3 is 2.20 bits per heavy atom. The first kappa shape index (κ1) is 24.3. The van der Waals surface area contributed by atoms with Gasteiger partial charge in [0.25, 0.3) is 0 Å². The second-order valence-electron chi connectivity index (χ2n) is 8.38. The molecule has 30 heavy (non-hydrogen) atoms. The Balaban J connectivity index is 1.75. The average Bonchev–Trinajstić information content (AvgIpc) is 2.77. The molecule has 1 heterocycles. The first-order valence-corrected chi connectivity index (χ1v) is 11.8. The van der Waals surface area contributed by atoms with E-state index in [-0.39, 0.29) is 5.92 Å². The Bertz CT molecular complexity index is 687. The Labute approximate surface area is 182 Å². The van der Waals surface area contributed by atoms with E-state index < -0.39 is 6.17 Å². The third-order valence-electron chi connectivity index (χ3n) is 5.68. The summed E-state index contributed by atoms with van der Waals surface area (Å²) in [7, 11) is 0. The normalized spacial score (nSPS) is 13.2. The molecule has 1 aromatic heterocycles. The van der Waals surface area contributed by atoms with Gasteiger partial charge >= 0.3 is 0 Å². The van der Waals surface area contributed by atoms with E-state index in [0.717, 1.165) is 24.8 Å². The molecule has 0 aliphatic heterocycles. The van der Waals surface area contributed by atoms with Crippen molar-refractivity contribution in [3.05, 3.63) is 42.2 Å². The van der Waals surface area contributed by atoms with Gasteiger partial charge in [0.05, 0.1) is 19.0 Å². The molecule has 2 unspecified atom stereocenters. The number of rotatable bonds is 15. The van der Waals surface area contributed by atoms with Gasteiger partial charge in [-0.15, -0.1) is 0 Å². The molecule has 4 heteroatoms. The largest absolute Gasteiger partial charge is 0.490 e. The highest BCUT2D eigenvalue weighted by molar-refractivity contribution is 5.55. The van der Waals surface area contributed by atoms with Crippen molar-refractivity contribution in [2.45, 2.75) is 91.2 Å². The number of benzene rings is 1. The molecule has 0 N–H and O–H groups in total. The van der Waals surface area contributed by atoms with Gasteiger partial charge in [0.2, 0.25) is 0 Å². The van der Waals surface area contributed by atoms with Gasteiger partial charge in [0.1, 0.15) is 6.17 Å². The molecule has 0 aliphatic carbocycles. The first-order chi connectivity index (χ1) is 14.6. The predicted octanol–water partition coefficient (Wildman–Crippen LogP) is 7.59. The van der Waals surface area contributed by atoms with Crippen LogP contribution in [0.25, 0.3) is 11.4 Å². The lowest BCUT2D eigenvalue weighted by atomic mass is 9.99. The average molecular weight is 415 g/mol. The number of unbranched alkanes of at least 4 members (excludes halogenated alkanes) is 5. The minimum atomic E-state index is -0.819. The van der Waals surface area contributed by atoms with Crippen molar-refractivity contribution in [2.75, 3.05) is 6.61 Å². The maximum Gasteiger partial charge on any atom is 0.159 e. The van der Waals surface area contributed by atoms with Crippen molar-refractivity contribution in [3.63, 3.8) is 0 Å². The van der Waals surface area contributed by atoms with E-state index in [2.05, 4.69) is 48.1 Å². The molecular weight excluding hydrogens is 375 g/mol. The molecule has 0 fully saturated rings. The fraction of sp³-hybridized carbons (Fsp3) is 0.615. The van der Waals surface area contributed by atoms with Crippen LogP contribution in [0.3, 0.4) is 0 Å². The molecule has 2 aromatic rings. The van der Waals surface area contributed by atoms with Crippen molar-refractivity contribution in [3.8, 4) is 17.1 Å². The highest BCUT2D eigenvalue weighted by atomic mass is 19.1. The molecule has 0 aliphatic rings. The molecule has 0 spiro atoms. The lowest BCUT2D eigenvalue weighted by Crippen LogP contribution is -2.16. The van der Waals surface area contributed by atoms with E-state index in [1.165, 1.54) is 44.1 Å². The van der Waals surface area contributed by atoms with Gasteiger partial charge < -0.3 is 4.74 Å². The Morgan fingerprint density at radius 2 is 1.53 bits per heavy atom. The number of halogens is 1. The van der Waals surface area contributed by atoms with Crippen LogP contribution in [-0.2, 0) is 6.42 Å². The molecule has 0 radical (unpaired) electrons. The fourth-order valence-electron chi connectivity index (χ4n) is 3.68. The summed E-state index contributed by atoms with van der Waals surface area (Å²) in [5.41, 5.74) is 2.37. The summed E-state index contributed by atoms with van der Waals surface area (Å²) in [5, 5.41) is 0. The number of ether oxygens (including phenoxy) is 1. The lowest BCUT2D eigenvalue weighted by Gasteiger charge is -2.16. The van der Waals surface area contributed by atoms with Gasteiger partial charge in [-0.1, -0.05) is 83.6 Å². The minimum absolute atomic E-state index is 0.0845. The van der Waals surface area contributed by atoms with Crippen LogP contribution in [0.2, 0.25) is 0 Å². The van der Waals surface area contributed by atoms with E-state index in [4.69, 9.17) is 4.74 Å². The monoisotopic (exact) mass is 414 g/mol. The summed E-state index contributed by atoms with van der Waals surface area (Å²) in [6.45, 7) is 6.65. The highest BCUT2D eigenvalue weighted by Gasteiger charge is 2.15. The zero-order valence-corrected chi connectivity index (χ0v) is 19.1. The van der Waals surface area contributed by atoms with Gasteiger partial charge in [-0.25, -0.2) is 14.4 Å². The summed E-state index contributed by atoms with van der Waals surface area (Å²) < 4.78 is 19.7. The minimum Gasteiger partial charge on any atom is -0.490 e. The van der Waals surface area contributed by atoms with E-state index in [1.54, 1.807) is 12.4 Å². The number of alkyl halides is 1. The number of aryl methyl sites for hydroxylation is 1. The maximum atomic E-state index is 14.0. The van der Waals surface area contributed by atoms with Crippen molar-refractivity contribution < 1.29 is 9.13 Å². The topological polar surface area (TPSA) is 35.0 Å². The maximum absolute atomic E-state index is 14.0. The fourth-order valence-corrected chi connectivity index (χ4v) is 3.68. The number of aromatic nitrogens is 2.